The van der Waals surface area contributed by atoms with Crippen LogP contribution in [0.4, 0.5) is 8.78 Å². The summed E-state index contributed by atoms with van der Waals surface area (Å²) in [5.74, 6) is -1.06. The molecule has 0 aromatic heterocycles. The highest BCUT2D eigenvalue weighted by Crippen LogP contribution is 2.12. The highest BCUT2D eigenvalue weighted by atomic mass is 19.1. The molecule has 0 bridgehead atoms. The molecule has 1 unspecified atom stereocenters. The van der Waals surface area contributed by atoms with Crippen LogP contribution >= 0.6 is 0 Å². The Labute approximate surface area is 82.4 Å². The predicted octanol–water partition coefficient (Wildman–Crippen LogP) is 2.67. The Morgan fingerprint density at radius 1 is 1.36 bits per heavy atom. The molecule has 1 N–H and O–H groups in total. The molecule has 0 fully saturated rings. The van der Waals surface area contributed by atoms with Crippen molar-refractivity contribution in [3.05, 3.63) is 35.4 Å². The monoisotopic (exact) mass is 200 g/mol. The molecule has 1 atom stereocenters. The van der Waals surface area contributed by atoms with Gasteiger partial charge in [-0.3, -0.25) is 0 Å². The van der Waals surface area contributed by atoms with Crippen LogP contribution in [0.3, 0.4) is 0 Å². The molecule has 0 saturated carbocycles. The summed E-state index contributed by atoms with van der Waals surface area (Å²) < 4.78 is 25.6. The van der Waals surface area contributed by atoms with Crippen LogP contribution in [0.25, 0.3) is 0 Å². The normalized spacial score (nSPS) is 12.9. The summed E-state index contributed by atoms with van der Waals surface area (Å²) in [5.41, 5.74) is 0.507. The second-order valence-electron chi connectivity index (χ2n) is 3.48. The lowest BCUT2D eigenvalue weighted by Crippen LogP contribution is -2.00. The van der Waals surface area contributed by atoms with Gasteiger partial charge in [-0.2, -0.15) is 0 Å². The topological polar surface area (TPSA) is 20.2 Å². The molecule has 0 amide bonds. The summed E-state index contributed by atoms with van der Waals surface area (Å²) in [6, 6.07) is 3.59. The Kier molecular flexibility index (Phi) is 4.01. The molecule has 0 heterocycles. The van der Waals surface area contributed by atoms with Crippen molar-refractivity contribution in [3.8, 4) is 0 Å². The molecule has 0 saturated heterocycles. The number of benzene rings is 1. The van der Waals surface area contributed by atoms with Gasteiger partial charge < -0.3 is 5.11 Å². The second-order valence-corrected chi connectivity index (χ2v) is 3.48. The standard InChI is InChI=1S/C11H14F2O/c1-8(14)3-2-4-9-5-6-10(12)7-11(9)13/h5-8,14H,2-4H2,1H3. The number of hydrogen-bond donors (Lipinski definition) is 1. The van der Waals surface area contributed by atoms with E-state index in [0.29, 0.717) is 24.8 Å². The molecule has 1 rings (SSSR count). The second kappa shape index (κ2) is 5.05. The molecule has 3 heteroatoms. The first-order chi connectivity index (χ1) is 6.59. The minimum absolute atomic E-state index is 0.362. The van der Waals surface area contributed by atoms with E-state index >= 15 is 0 Å². The third kappa shape index (κ3) is 3.42. The lowest BCUT2D eigenvalue weighted by Gasteiger charge is -2.05. The molecule has 1 aromatic rings. The SMILES string of the molecule is CC(O)CCCc1ccc(F)cc1F. The van der Waals surface area contributed by atoms with Gasteiger partial charge in [0.2, 0.25) is 0 Å². The molecule has 1 nitrogen and oxygen atoms in total. The van der Waals surface area contributed by atoms with Gasteiger partial charge in [-0.25, -0.2) is 8.78 Å². The van der Waals surface area contributed by atoms with Crippen molar-refractivity contribution in [2.45, 2.75) is 32.3 Å². The van der Waals surface area contributed by atoms with Crippen LogP contribution in [0.5, 0.6) is 0 Å². The smallest absolute Gasteiger partial charge is 0.129 e. The molecule has 0 radical (unpaired) electrons. The van der Waals surface area contributed by atoms with E-state index in [2.05, 4.69) is 0 Å². The Morgan fingerprint density at radius 3 is 2.64 bits per heavy atom. The first-order valence-corrected chi connectivity index (χ1v) is 4.71. The van der Waals surface area contributed by atoms with E-state index in [4.69, 9.17) is 5.11 Å². The third-order valence-electron chi connectivity index (χ3n) is 2.08. The Bertz CT molecular complexity index is 297. The number of halogens is 2. The van der Waals surface area contributed by atoms with Crippen LogP contribution in [0, 0.1) is 11.6 Å². The zero-order valence-corrected chi connectivity index (χ0v) is 8.13. The minimum atomic E-state index is -0.554. The fraction of sp³-hybridized carbons (Fsp3) is 0.455. The summed E-state index contributed by atoms with van der Waals surface area (Å²) >= 11 is 0. The van der Waals surface area contributed by atoms with Crippen molar-refractivity contribution >= 4 is 0 Å². The van der Waals surface area contributed by atoms with Gasteiger partial charge in [0.1, 0.15) is 11.6 Å². The number of rotatable bonds is 4. The zero-order valence-electron chi connectivity index (χ0n) is 8.13. The largest absolute Gasteiger partial charge is 0.393 e. The Morgan fingerprint density at radius 2 is 2.07 bits per heavy atom. The van der Waals surface area contributed by atoms with E-state index in [1.165, 1.54) is 12.1 Å². The van der Waals surface area contributed by atoms with E-state index in [-0.39, 0.29) is 6.10 Å². The first kappa shape index (κ1) is 11.1. The molecule has 0 aliphatic rings. The van der Waals surface area contributed by atoms with Crippen LogP contribution in [0.15, 0.2) is 18.2 Å². The van der Waals surface area contributed by atoms with Crippen LogP contribution in [0.1, 0.15) is 25.3 Å². The van der Waals surface area contributed by atoms with E-state index in [9.17, 15) is 8.78 Å². The van der Waals surface area contributed by atoms with Crippen molar-refractivity contribution in [2.75, 3.05) is 0 Å². The average molecular weight is 200 g/mol. The van der Waals surface area contributed by atoms with Gasteiger partial charge >= 0.3 is 0 Å². The molecular formula is C11H14F2O. The minimum Gasteiger partial charge on any atom is -0.393 e. The van der Waals surface area contributed by atoms with Gasteiger partial charge in [-0.05, 0) is 37.8 Å². The van der Waals surface area contributed by atoms with Crippen molar-refractivity contribution in [1.29, 1.82) is 0 Å². The Balaban J connectivity index is 2.51. The van der Waals surface area contributed by atoms with E-state index in [1.54, 1.807) is 6.92 Å². The summed E-state index contributed by atoms with van der Waals surface area (Å²) in [6.07, 6.45) is 1.52. The molecule has 1 aromatic carbocycles. The van der Waals surface area contributed by atoms with Crippen molar-refractivity contribution in [2.24, 2.45) is 0 Å². The highest BCUT2D eigenvalue weighted by Gasteiger charge is 2.04. The van der Waals surface area contributed by atoms with E-state index < -0.39 is 11.6 Å². The van der Waals surface area contributed by atoms with Gasteiger partial charge in [-0.1, -0.05) is 6.07 Å². The molecular weight excluding hydrogens is 186 g/mol. The third-order valence-corrected chi connectivity index (χ3v) is 2.08. The van der Waals surface area contributed by atoms with Gasteiger partial charge in [0.25, 0.3) is 0 Å². The maximum atomic E-state index is 13.1. The van der Waals surface area contributed by atoms with Crippen LogP contribution in [-0.2, 0) is 6.42 Å². The lowest BCUT2D eigenvalue weighted by molar-refractivity contribution is 0.181. The van der Waals surface area contributed by atoms with Crippen molar-refractivity contribution < 1.29 is 13.9 Å². The van der Waals surface area contributed by atoms with Crippen molar-refractivity contribution in [1.82, 2.24) is 0 Å². The summed E-state index contributed by atoms with van der Waals surface area (Å²) in [6.45, 7) is 1.70. The fourth-order valence-electron chi connectivity index (χ4n) is 1.31. The lowest BCUT2D eigenvalue weighted by atomic mass is 10.1. The molecule has 0 spiro atoms. The summed E-state index contributed by atoms with van der Waals surface area (Å²) in [5, 5.41) is 8.99. The molecule has 0 aliphatic heterocycles. The van der Waals surface area contributed by atoms with E-state index in [1.807, 2.05) is 0 Å². The maximum Gasteiger partial charge on any atom is 0.129 e. The highest BCUT2D eigenvalue weighted by molar-refractivity contribution is 5.18. The van der Waals surface area contributed by atoms with Crippen molar-refractivity contribution in [3.63, 3.8) is 0 Å². The summed E-state index contributed by atoms with van der Waals surface area (Å²) in [7, 11) is 0. The van der Waals surface area contributed by atoms with Gasteiger partial charge in [-0.15, -0.1) is 0 Å². The number of aliphatic hydroxyl groups excluding tert-OH is 1. The van der Waals surface area contributed by atoms with E-state index in [0.717, 1.165) is 6.07 Å². The summed E-state index contributed by atoms with van der Waals surface area (Å²) in [4.78, 5) is 0. The maximum absolute atomic E-state index is 13.1. The number of aliphatic hydroxyl groups is 1. The number of hydrogen-bond acceptors (Lipinski definition) is 1. The Hall–Kier alpha value is -0.960. The molecule has 14 heavy (non-hydrogen) atoms. The molecule has 78 valence electrons. The van der Waals surface area contributed by atoms with Crippen LogP contribution in [-0.4, -0.2) is 11.2 Å². The predicted molar refractivity (Wildman–Crippen MR) is 51.0 cm³/mol. The number of aryl methyl sites for hydroxylation is 1. The zero-order chi connectivity index (χ0) is 10.6. The van der Waals surface area contributed by atoms with Crippen LogP contribution < -0.4 is 0 Å². The average Bonchev–Trinajstić information content (AvgIpc) is 2.08. The first-order valence-electron chi connectivity index (χ1n) is 4.71. The van der Waals surface area contributed by atoms with Gasteiger partial charge in [0.15, 0.2) is 0 Å². The van der Waals surface area contributed by atoms with Crippen LogP contribution in [0.2, 0.25) is 0 Å². The fourth-order valence-corrected chi connectivity index (χ4v) is 1.31. The quantitative estimate of drug-likeness (QED) is 0.792. The molecule has 0 aliphatic carbocycles. The van der Waals surface area contributed by atoms with Gasteiger partial charge in [0, 0.05) is 6.07 Å². The van der Waals surface area contributed by atoms with Gasteiger partial charge in [0.05, 0.1) is 6.10 Å².